The van der Waals surface area contributed by atoms with Crippen molar-refractivity contribution in [1.29, 1.82) is 0 Å². The summed E-state index contributed by atoms with van der Waals surface area (Å²) < 4.78 is 57.3. The van der Waals surface area contributed by atoms with Crippen LogP contribution in [0.15, 0.2) is 48.8 Å². The first-order chi connectivity index (χ1) is 15.6. The number of aromatic nitrogens is 1. The van der Waals surface area contributed by atoms with Crippen LogP contribution in [0.4, 0.5) is 17.6 Å². The van der Waals surface area contributed by atoms with Gasteiger partial charge in [-0.25, -0.2) is 9.18 Å². The molecule has 11 heteroatoms. The summed E-state index contributed by atoms with van der Waals surface area (Å²) in [5.74, 6) is -2.19. The molecule has 2 aliphatic rings. The number of carboxylic acid groups (broad SMARTS) is 1. The Morgan fingerprint density at radius 3 is 2.52 bits per heavy atom. The number of halogens is 4. The van der Waals surface area contributed by atoms with Crippen molar-refractivity contribution in [2.24, 2.45) is 5.92 Å². The maximum atomic E-state index is 13.7. The molecule has 7 nitrogen and oxygen atoms in total. The number of carbonyl (C=O) groups excluding carboxylic acids is 1. The third kappa shape index (κ3) is 6.19. The normalized spacial score (nSPS) is 18.8. The largest absolute Gasteiger partial charge is 0.492 e. The van der Waals surface area contributed by atoms with Crippen molar-refractivity contribution in [3.05, 3.63) is 60.2 Å². The summed E-state index contributed by atoms with van der Waals surface area (Å²) in [5, 5.41) is 7.12. The SMILES string of the molecule is O=C(Cc1ccccc1F)N1CC2(C1)OCCC2COc1cccnc1.O=C(O)C(F)(F)F. The molecule has 4 rings (SSSR count). The lowest BCUT2D eigenvalue weighted by Gasteiger charge is -2.50. The van der Waals surface area contributed by atoms with E-state index >= 15 is 0 Å². The Labute approximate surface area is 186 Å². The standard InChI is InChI=1S/C20H21FN2O3.C2HF3O2/c21-18-6-2-1-4-15(18)10-19(24)23-13-20(14-23)16(7-9-26-20)12-25-17-5-3-8-22-11-17;3-2(4,5)1(6)7/h1-6,8,11,16H,7,9-10,12-14H2;(H,6,7). The molecule has 1 atom stereocenters. The molecule has 0 radical (unpaired) electrons. The highest BCUT2D eigenvalue weighted by atomic mass is 19.4. The van der Waals surface area contributed by atoms with E-state index in [4.69, 9.17) is 19.4 Å². The molecule has 1 spiro atoms. The Morgan fingerprint density at radius 1 is 1.21 bits per heavy atom. The number of ether oxygens (including phenoxy) is 2. The van der Waals surface area contributed by atoms with Crippen molar-refractivity contribution in [2.45, 2.75) is 24.6 Å². The average Bonchev–Trinajstić information content (AvgIpc) is 3.17. The van der Waals surface area contributed by atoms with Crippen LogP contribution in [-0.2, 0) is 20.7 Å². The van der Waals surface area contributed by atoms with E-state index in [2.05, 4.69) is 4.98 Å². The summed E-state index contributed by atoms with van der Waals surface area (Å²) in [7, 11) is 0. The predicted octanol–water partition coefficient (Wildman–Crippen LogP) is 3.09. The molecule has 1 aromatic carbocycles. The Balaban J connectivity index is 0.000000383. The summed E-state index contributed by atoms with van der Waals surface area (Å²) in [6.45, 7) is 2.31. The van der Waals surface area contributed by atoms with Crippen molar-refractivity contribution >= 4 is 11.9 Å². The Kier molecular flexibility index (Phi) is 7.52. The molecule has 2 aliphatic heterocycles. The molecule has 2 aromatic rings. The predicted molar refractivity (Wildman–Crippen MR) is 107 cm³/mol. The number of hydrogen-bond acceptors (Lipinski definition) is 5. The van der Waals surface area contributed by atoms with Crippen LogP contribution in [0.5, 0.6) is 5.75 Å². The lowest BCUT2D eigenvalue weighted by Crippen LogP contribution is -2.67. The molecular weight excluding hydrogens is 448 g/mol. The van der Waals surface area contributed by atoms with Gasteiger partial charge in [-0.1, -0.05) is 18.2 Å². The maximum absolute atomic E-state index is 13.7. The van der Waals surface area contributed by atoms with Crippen LogP contribution in [-0.4, -0.2) is 64.9 Å². The first kappa shape index (κ1) is 24.4. The zero-order valence-corrected chi connectivity index (χ0v) is 17.4. The number of amides is 1. The van der Waals surface area contributed by atoms with E-state index in [1.165, 1.54) is 6.07 Å². The number of benzene rings is 1. The van der Waals surface area contributed by atoms with E-state index < -0.39 is 12.1 Å². The first-order valence-electron chi connectivity index (χ1n) is 10.1. The quantitative estimate of drug-likeness (QED) is 0.676. The van der Waals surface area contributed by atoms with Gasteiger partial charge in [0, 0.05) is 18.7 Å². The van der Waals surface area contributed by atoms with Crippen molar-refractivity contribution in [1.82, 2.24) is 9.88 Å². The van der Waals surface area contributed by atoms with Gasteiger partial charge in [0.1, 0.15) is 17.2 Å². The van der Waals surface area contributed by atoms with Gasteiger partial charge < -0.3 is 19.5 Å². The zero-order valence-electron chi connectivity index (χ0n) is 17.4. The lowest BCUT2D eigenvalue weighted by atomic mass is 9.81. The van der Waals surface area contributed by atoms with E-state index in [0.29, 0.717) is 31.9 Å². The number of carbonyl (C=O) groups is 2. The second kappa shape index (κ2) is 10.2. The fourth-order valence-electron chi connectivity index (χ4n) is 3.69. The number of aliphatic carboxylic acids is 1. The van der Waals surface area contributed by atoms with Crippen LogP contribution in [0, 0.1) is 11.7 Å². The minimum Gasteiger partial charge on any atom is -0.492 e. The highest BCUT2D eigenvalue weighted by molar-refractivity contribution is 5.80. The van der Waals surface area contributed by atoms with Crippen LogP contribution >= 0.6 is 0 Å². The first-order valence-corrected chi connectivity index (χ1v) is 10.1. The molecule has 1 unspecified atom stereocenters. The molecule has 178 valence electrons. The average molecular weight is 470 g/mol. The van der Waals surface area contributed by atoms with Gasteiger partial charge in [-0.05, 0) is 30.2 Å². The molecule has 1 amide bonds. The van der Waals surface area contributed by atoms with Gasteiger partial charge in [-0.15, -0.1) is 0 Å². The molecule has 2 fully saturated rings. The van der Waals surface area contributed by atoms with Gasteiger partial charge in [0.15, 0.2) is 0 Å². The summed E-state index contributed by atoms with van der Waals surface area (Å²) >= 11 is 0. The monoisotopic (exact) mass is 470 g/mol. The van der Waals surface area contributed by atoms with Crippen LogP contribution in [0.3, 0.4) is 0 Å². The molecular formula is C22H22F4N2O5. The van der Waals surface area contributed by atoms with Gasteiger partial charge in [-0.2, -0.15) is 13.2 Å². The minimum absolute atomic E-state index is 0.0665. The third-order valence-electron chi connectivity index (χ3n) is 5.50. The Morgan fingerprint density at radius 2 is 1.91 bits per heavy atom. The number of nitrogens with zero attached hydrogens (tertiary/aromatic N) is 2. The maximum Gasteiger partial charge on any atom is 0.490 e. The van der Waals surface area contributed by atoms with Crippen LogP contribution in [0.25, 0.3) is 0 Å². The molecule has 1 aromatic heterocycles. The number of hydrogen-bond donors (Lipinski definition) is 1. The second-order valence-electron chi connectivity index (χ2n) is 7.72. The van der Waals surface area contributed by atoms with Gasteiger partial charge >= 0.3 is 12.1 Å². The topological polar surface area (TPSA) is 89.0 Å². The summed E-state index contributed by atoms with van der Waals surface area (Å²) in [5.41, 5.74) is 0.106. The lowest BCUT2D eigenvalue weighted by molar-refractivity contribution is -0.192. The van der Waals surface area contributed by atoms with Crippen molar-refractivity contribution < 1.29 is 41.7 Å². The third-order valence-corrected chi connectivity index (χ3v) is 5.50. The molecule has 2 saturated heterocycles. The smallest absolute Gasteiger partial charge is 0.490 e. The summed E-state index contributed by atoms with van der Waals surface area (Å²) in [4.78, 5) is 27.1. The fourth-order valence-corrected chi connectivity index (χ4v) is 3.69. The fraction of sp³-hybridized carbons (Fsp3) is 0.409. The zero-order chi connectivity index (χ0) is 24.1. The van der Waals surface area contributed by atoms with E-state index in [1.807, 2.05) is 12.1 Å². The van der Waals surface area contributed by atoms with E-state index in [1.54, 1.807) is 35.5 Å². The molecule has 0 bridgehead atoms. The van der Waals surface area contributed by atoms with Crippen molar-refractivity contribution in [3.8, 4) is 5.75 Å². The Bertz CT molecular complexity index is 965. The molecule has 3 heterocycles. The molecule has 1 N–H and O–H groups in total. The number of carboxylic acids is 1. The van der Waals surface area contributed by atoms with E-state index in [-0.39, 0.29) is 29.7 Å². The Hall–Kier alpha value is -3.21. The number of rotatable bonds is 5. The number of alkyl halides is 3. The minimum atomic E-state index is -5.08. The van der Waals surface area contributed by atoms with Gasteiger partial charge in [0.25, 0.3) is 0 Å². The van der Waals surface area contributed by atoms with Crippen LogP contribution < -0.4 is 4.74 Å². The van der Waals surface area contributed by atoms with Gasteiger partial charge in [0.2, 0.25) is 5.91 Å². The highest BCUT2D eigenvalue weighted by Gasteiger charge is 2.54. The summed E-state index contributed by atoms with van der Waals surface area (Å²) in [6, 6.07) is 10.1. The van der Waals surface area contributed by atoms with Crippen molar-refractivity contribution in [3.63, 3.8) is 0 Å². The van der Waals surface area contributed by atoms with Crippen LogP contribution in [0.2, 0.25) is 0 Å². The second-order valence-corrected chi connectivity index (χ2v) is 7.72. The molecule has 0 saturated carbocycles. The summed E-state index contributed by atoms with van der Waals surface area (Å²) in [6.07, 6.45) is -0.694. The highest BCUT2D eigenvalue weighted by Crippen LogP contribution is 2.40. The van der Waals surface area contributed by atoms with E-state index in [0.717, 1.165) is 12.2 Å². The molecule has 33 heavy (non-hydrogen) atoms. The number of pyridine rings is 1. The van der Waals surface area contributed by atoms with E-state index in [9.17, 15) is 22.4 Å². The number of likely N-dealkylation sites (tertiary alicyclic amines) is 1. The molecule has 0 aliphatic carbocycles. The van der Waals surface area contributed by atoms with Crippen LogP contribution in [0.1, 0.15) is 12.0 Å². The van der Waals surface area contributed by atoms with Gasteiger partial charge in [0.05, 0.1) is 32.3 Å². The van der Waals surface area contributed by atoms with Crippen molar-refractivity contribution in [2.75, 3.05) is 26.3 Å². The van der Waals surface area contributed by atoms with Gasteiger partial charge in [-0.3, -0.25) is 9.78 Å².